The molecule has 0 saturated carbocycles. The summed E-state index contributed by atoms with van der Waals surface area (Å²) in [7, 11) is 0. The maximum Gasteiger partial charge on any atom is 0.0810 e. The maximum absolute atomic E-state index is 8.61. The van der Waals surface area contributed by atoms with Crippen molar-refractivity contribution in [2.75, 3.05) is 52.9 Å². The van der Waals surface area contributed by atoms with Gasteiger partial charge in [-0.15, -0.1) is 0 Å². The lowest BCUT2D eigenvalue weighted by atomic mass is 9.88. The highest BCUT2D eigenvalue weighted by molar-refractivity contribution is 5.18. The molecule has 0 aromatic rings. The van der Waals surface area contributed by atoms with E-state index in [0.29, 0.717) is 52.2 Å². The van der Waals surface area contributed by atoms with Crippen LogP contribution in [0.15, 0.2) is 47.1 Å². The minimum atomic E-state index is -0.340. The van der Waals surface area contributed by atoms with Crippen molar-refractivity contribution in [3.8, 4) is 0 Å². The summed E-state index contributed by atoms with van der Waals surface area (Å²) in [6.45, 7) is 14.5. The van der Waals surface area contributed by atoms with Gasteiger partial charge >= 0.3 is 0 Å². The second kappa shape index (κ2) is 18.1. The second-order valence-electron chi connectivity index (χ2n) is 9.39. The zero-order valence-corrected chi connectivity index (χ0v) is 21.7. The summed E-state index contributed by atoms with van der Waals surface area (Å²) in [5, 5.41) is 8.61. The Bertz CT molecular complexity index is 630. The molecule has 0 saturated heterocycles. The van der Waals surface area contributed by atoms with Crippen LogP contribution < -0.4 is 0 Å². The average Bonchev–Trinajstić information content (AvgIpc) is 2.77. The number of aliphatic hydroxyl groups is 1. The van der Waals surface area contributed by atoms with Crippen molar-refractivity contribution < 1.29 is 24.1 Å². The molecule has 0 aromatic heterocycles. The van der Waals surface area contributed by atoms with E-state index >= 15 is 0 Å². The fourth-order valence-corrected chi connectivity index (χ4v) is 3.61. The largest absolute Gasteiger partial charge is 0.394 e. The van der Waals surface area contributed by atoms with Crippen molar-refractivity contribution in [1.82, 2.24) is 0 Å². The van der Waals surface area contributed by atoms with E-state index in [-0.39, 0.29) is 12.2 Å². The van der Waals surface area contributed by atoms with Crippen molar-refractivity contribution >= 4 is 0 Å². The average molecular weight is 465 g/mol. The Kier molecular flexibility index (Phi) is 16.4. The Balaban J connectivity index is 2.32. The Morgan fingerprint density at radius 1 is 0.939 bits per heavy atom. The molecular formula is C28H48O5. The van der Waals surface area contributed by atoms with Gasteiger partial charge in [-0.05, 0) is 72.6 Å². The summed E-state index contributed by atoms with van der Waals surface area (Å²) < 4.78 is 22.1. The third kappa shape index (κ3) is 16.1. The lowest BCUT2D eigenvalue weighted by Crippen LogP contribution is -2.24. The smallest absolute Gasteiger partial charge is 0.0810 e. The number of hydrogen-bond donors (Lipinski definition) is 1. The number of ether oxygens (including phenoxy) is 4. The first-order valence-electron chi connectivity index (χ1n) is 12.5. The third-order valence-electron chi connectivity index (χ3n) is 5.85. The van der Waals surface area contributed by atoms with Gasteiger partial charge in [0.15, 0.2) is 0 Å². The highest BCUT2D eigenvalue weighted by Crippen LogP contribution is 2.26. The van der Waals surface area contributed by atoms with Gasteiger partial charge in [0.1, 0.15) is 0 Å². The predicted molar refractivity (Wildman–Crippen MR) is 137 cm³/mol. The molecule has 0 heterocycles. The molecule has 0 bridgehead atoms. The van der Waals surface area contributed by atoms with Crippen molar-refractivity contribution in [2.45, 2.75) is 72.3 Å². The molecular weight excluding hydrogens is 416 g/mol. The lowest BCUT2D eigenvalue weighted by molar-refractivity contribution is -0.0338. The van der Waals surface area contributed by atoms with E-state index < -0.39 is 0 Å². The Labute approximate surface area is 202 Å². The number of aliphatic hydroxyl groups excluding tert-OH is 1. The molecule has 1 aliphatic rings. The van der Waals surface area contributed by atoms with E-state index in [1.807, 2.05) is 0 Å². The van der Waals surface area contributed by atoms with Gasteiger partial charge in [0.25, 0.3) is 0 Å². The van der Waals surface area contributed by atoms with Crippen LogP contribution in [0.5, 0.6) is 0 Å². The summed E-state index contributed by atoms with van der Waals surface area (Å²) in [5.41, 5.74) is 4.12. The molecule has 0 aliphatic heterocycles. The van der Waals surface area contributed by atoms with Crippen LogP contribution in [0, 0.1) is 5.92 Å². The maximum atomic E-state index is 8.61. The number of hydrogen-bond acceptors (Lipinski definition) is 5. The number of allylic oxidation sites excluding steroid dienone is 7. The van der Waals surface area contributed by atoms with Crippen LogP contribution in [0.1, 0.15) is 66.7 Å². The monoisotopic (exact) mass is 464 g/mol. The van der Waals surface area contributed by atoms with Crippen LogP contribution in [0.2, 0.25) is 0 Å². The van der Waals surface area contributed by atoms with Gasteiger partial charge in [0, 0.05) is 0 Å². The molecule has 1 aliphatic carbocycles. The highest BCUT2D eigenvalue weighted by Gasteiger charge is 2.14. The summed E-state index contributed by atoms with van der Waals surface area (Å²) in [6, 6.07) is 0. The van der Waals surface area contributed by atoms with Gasteiger partial charge in [-0.2, -0.15) is 0 Å². The summed E-state index contributed by atoms with van der Waals surface area (Å²) in [6.07, 6.45) is 17.2. The first kappa shape index (κ1) is 29.8. The van der Waals surface area contributed by atoms with Crippen LogP contribution >= 0.6 is 0 Å². The van der Waals surface area contributed by atoms with Crippen LogP contribution in [0.3, 0.4) is 0 Å². The molecule has 190 valence electrons. The molecule has 5 nitrogen and oxygen atoms in total. The summed E-state index contributed by atoms with van der Waals surface area (Å²) >= 11 is 0. The van der Waals surface area contributed by atoms with Crippen molar-refractivity contribution in [3.05, 3.63) is 47.1 Å². The van der Waals surface area contributed by atoms with Gasteiger partial charge in [0.05, 0.1) is 58.5 Å². The first-order valence-corrected chi connectivity index (χ1v) is 12.5. The Morgan fingerprint density at radius 2 is 1.55 bits per heavy atom. The van der Waals surface area contributed by atoms with Crippen LogP contribution in [-0.2, 0) is 18.9 Å². The standard InChI is InChI=1S/C28H48O5/c1-24-8-6-9-25(2)12-14-27(13-11-24)26(3)10-7-15-28(4,5)33-23-22-32-21-20-31-19-18-30-17-16-29/h7-8,10,12,15,27,29H,6,9,11,13-14,16-23H2,1-5H3/b15-7+,24-8+,25-12+,26-10+/t27-/m0/s1. The normalized spacial score (nSPS) is 22.1. The van der Waals surface area contributed by atoms with E-state index in [2.05, 4.69) is 65.0 Å². The Hall–Kier alpha value is -1.24. The summed E-state index contributed by atoms with van der Waals surface area (Å²) in [4.78, 5) is 0. The zero-order chi connectivity index (χ0) is 24.4. The third-order valence-corrected chi connectivity index (χ3v) is 5.85. The molecule has 0 aromatic carbocycles. The molecule has 1 rings (SSSR count). The van der Waals surface area contributed by atoms with Gasteiger partial charge in [-0.3, -0.25) is 0 Å². The molecule has 5 heteroatoms. The SMILES string of the molecule is C/C1=C\C[C@@H](/C(C)=C/C=C/C(C)(C)OCCOCCOCCOCCO)CC/C(C)=C/CC1. The van der Waals surface area contributed by atoms with Gasteiger partial charge in [0.2, 0.25) is 0 Å². The lowest BCUT2D eigenvalue weighted by Gasteiger charge is -2.21. The van der Waals surface area contributed by atoms with Gasteiger partial charge in [-0.1, -0.05) is 47.1 Å². The van der Waals surface area contributed by atoms with Gasteiger partial charge < -0.3 is 24.1 Å². The highest BCUT2D eigenvalue weighted by atomic mass is 16.6. The van der Waals surface area contributed by atoms with E-state index in [9.17, 15) is 0 Å². The van der Waals surface area contributed by atoms with Crippen LogP contribution in [-0.4, -0.2) is 63.6 Å². The molecule has 1 atom stereocenters. The quantitative estimate of drug-likeness (QED) is 0.189. The molecule has 33 heavy (non-hydrogen) atoms. The zero-order valence-electron chi connectivity index (χ0n) is 21.7. The van der Waals surface area contributed by atoms with E-state index in [1.54, 1.807) is 0 Å². The van der Waals surface area contributed by atoms with Crippen LogP contribution in [0.25, 0.3) is 0 Å². The molecule has 0 unspecified atom stereocenters. The molecule has 0 amide bonds. The first-order chi connectivity index (χ1) is 15.8. The topological polar surface area (TPSA) is 57.2 Å². The van der Waals surface area contributed by atoms with Crippen molar-refractivity contribution in [1.29, 1.82) is 0 Å². The van der Waals surface area contributed by atoms with E-state index in [1.165, 1.54) is 42.4 Å². The fraction of sp³-hybridized carbons (Fsp3) is 0.714. The van der Waals surface area contributed by atoms with Crippen molar-refractivity contribution in [2.24, 2.45) is 5.92 Å². The van der Waals surface area contributed by atoms with Gasteiger partial charge in [-0.25, -0.2) is 0 Å². The summed E-state index contributed by atoms with van der Waals surface area (Å²) in [5.74, 6) is 0.590. The predicted octanol–water partition coefficient (Wildman–Crippen LogP) is 5.80. The second-order valence-corrected chi connectivity index (χ2v) is 9.39. The molecule has 1 N–H and O–H groups in total. The fourth-order valence-electron chi connectivity index (χ4n) is 3.61. The van der Waals surface area contributed by atoms with E-state index in [0.717, 1.165) is 6.42 Å². The minimum absolute atomic E-state index is 0.0416. The minimum Gasteiger partial charge on any atom is -0.394 e. The molecule has 0 fully saturated rings. The Morgan fingerprint density at radius 3 is 2.21 bits per heavy atom. The molecule has 0 spiro atoms. The van der Waals surface area contributed by atoms with Crippen molar-refractivity contribution in [3.63, 3.8) is 0 Å². The van der Waals surface area contributed by atoms with Crippen LogP contribution in [0.4, 0.5) is 0 Å². The number of rotatable bonds is 15. The van der Waals surface area contributed by atoms with E-state index in [4.69, 9.17) is 24.1 Å². The molecule has 0 radical (unpaired) electrons.